The first-order valence-electron chi connectivity index (χ1n) is 5.29. The average Bonchev–Trinajstić information content (AvgIpc) is 2.40. The molecular weight excluding hydrogens is 216 g/mol. The molecular formula is C13H14N2O2. The van der Waals surface area contributed by atoms with Crippen LogP contribution in [0.15, 0.2) is 42.6 Å². The average molecular weight is 230 g/mol. The highest BCUT2D eigenvalue weighted by Gasteiger charge is 2.05. The van der Waals surface area contributed by atoms with Gasteiger partial charge in [-0.2, -0.15) is 0 Å². The Hall–Kier alpha value is -2.07. The van der Waals surface area contributed by atoms with E-state index in [2.05, 4.69) is 4.98 Å². The van der Waals surface area contributed by atoms with Crippen molar-refractivity contribution in [1.29, 1.82) is 0 Å². The maximum absolute atomic E-state index is 5.62. The van der Waals surface area contributed by atoms with Gasteiger partial charge in [-0.1, -0.05) is 12.1 Å². The maximum Gasteiger partial charge on any atom is 0.262 e. The summed E-state index contributed by atoms with van der Waals surface area (Å²) in [5.74, 6) is 1.77. The Bertz CT molecular complexity index is 483. The molecule has 1 aromatic carbocycles. The summed E-state index contributed by atoms with van der Waals surface area (Å²) >= 11 is 0. The highest BCUT2D eigenvalue weighted by molar-refractivity contribution is 5.37. The van der Waals surface area contributed by atoms with Crippen molar-refractivity contribution in [3.05, 3.63) is 48.2 Å². The van der Waals surface area contributed by atoms with E-state index in [9.17, 15) is 0 Å². The lowest BCUT2D eigenvalue weighted by Gasteiger charge is -2.08. The van der Waals surface area contributed by atoms with E-state index in [1.807, 2.05) is 24.3 Å². The standard InChI is InChI=1S/C13H14N2O2/c1-16-12-3-2-8-15-13(12)17-11-6-4-10(9-14)5-7-11/h2-8H,9,14H2,1H3. The Labute approximate surface area is 100 Å². The van der Waals surface area contributed by atoms with Gasteiger partial charge in [0.1, 0.15) is 5.75 Å². The van der Waals surface area contributed by atoms with Gasteiger partial charge in [0.2, 0.25) is 0 Å². The van der Waals surface area contributed by atoms with Crippen LogP contribution in [0.5, 0.6) is 17.4 Å². The Kier molecular flexibility index (Phi) is 3.57. The zero-order chi connectivity index (χ0) is 12.1. The highest BCUT2D eigenvalue weighted by atomic mass is 16.5. The maximum atomic E-state index is 5.62. The Morgan fingerprint density at radius 3 is 2.59 bits per heavy atom. The van der Waals surface area contributed by atoms with E-state index in [-0.39, 0.29) is 0 Å². The number of methoxy groups -OCH3 is 1. The van der Waals surface area contributed by atoms with Crippen molar-refractivity contribution in [2.75, 3.05) is 7.11 Å². The minimum atomic E-state index is 0.454. The molecule has 4 heteroatoms. The number of nitrogens with two attached hydrogens (primary N) is 1. The van der Waals surface area contributed by atoms with Crippen LogP contribution in [0, 0.1) is 0 Å². The van der Waals surface area contributed by atoms with Crippen LogP contribution in [-0.4, -0.2) is 12.1 Å². The highest BCUT2D eigenvalue weighted by Crippen LogP contribution is 2.28. The third-order valence-corrected chi connectivity index (χ3v) is 2.33. The van der Waals surface area contributed by atoms with Crippen molar-refractivity contribution in [3.63, 3.8) is 0 Å². The fourth-order valence-electron chi connectivity index (χ4n) is 1.41. The Morgan fingerprint density at radius 1 is 1.18 bits per heavy atom. The number of benzene rings is 1. The normalized spacial score (nSPS) is 10.0. The molecule has 0 radical (unpaired) electrons. The van der Waals surface area contributed by atoms with Gasteiger partial charge in [0.25, 0.3) is 5.88 Å². The zero-order valence-electron chi connectivity index (χ0n) is 9.59. The molecule has 2 rings (SSSR count). The predicted molar refractivity (Wildman–Crippen MR) is 65.2 cm³/mol. The third-order valence-electron chi connectivity index (χ3n) is 2.33. The Balaban J connectivity index is 2.19. The predicted octanol–water partition coefficient (Wildman–Crippen LogP) is 2.34. The number of aromatic nitrogens is 1. The van der Waals surface area contributed by atoms with E-state index in [4.69, 9.17) is 15.2 Å². The van der Waals surface area contributed by atoms with Crippen LogP contribution < -0.4 is 15.2 Å². The molecule has 1 aromatic heterocycles. The molecule has 0 aliphatic carbocycles. The van der Waals surface area contributed by atoms with Crippen LogP contribution in [0.3, 0.4) is 0 Å². The number of pyridine rings is 1. The van der Waals surface area contributed by atoms with Crippen molar-refractivity contribution >= 4 is 0 Å². The van der Waals surface area contributed by atoms with Gasteiger partial charge in [0, 0.05) is 12.7 Å². The zero-order valence-corrected chi connectivity index (χ0v) is 9.59. The van der Waals surface area contributed by atoms with Crippen LogP contribution in [0.2, 0.25) is 0 Å². The van der Waals surface area contributed by atoms with Gasteiger partial charge < -0.3 is 15.2 Å². The molecule has 2 N–H and O–H groups in total. The molecule has 0 saturated carbocycles. The van der Waals surface area contributed by atoms with Crippen molar-refractivity contribution in [2.45, 2.75) is 6.54 Å². The summed E-state index contributed by atoms with van der Waals surface area (Å²) in [5, 5.41) is 0. The molecule has 0 aliphatic heterocycles. The van der Waals surface area contributed by atoms with Crippen LogP contribution in [0.25, 0.3) is 0 Å². The van der Waals surface area contributed by atoms with Crippen molar-refractivity contribution in [1.82, 2.24) is 4.98 Å². The largest absolute Gasteiger partial charge is 0.491 e. The van der Waals surface area contributed by atoms with Gasteiger partial charge in [0.05, 0.1) is 7.11 Å². The minimum Gasteiger partial charge on any atom is -0.491 e. The molecule has 0 fully saturated rings. The second-order valence-electron chi connectivity index (χ2n) is 3.46. The third kappa shape index (κ3) is 2.73. The number of hydrogen-bond acceptors (Lipinski definition) is 4. The van der Waals surface area contributed by atoms with E-state index < -0.39 is 0 Å². The lowest BCUT2D eigenvalue weighted by Crippen LogP contribution is -1.96. The van der Waals surface area contributed by atoms with E-state index in [1.54, 1.807) is 25.4 Å². The summed E-state index contributed by atoms with van der Waals surface area (Å²) in [5.41, 5.74) is 6.59. The summed E-state index contributed by atoms with van der Waals surface area (Å²) in [7, 11) is 1.58. The van der Waals surface area contributed by atoms with E-state index in [0.717, 1.165) is 5.56 Å². The summed E-state index contributed by atoms with van der Waals surface area (Å²) in [6.45, 7) is 0.521. The lowest BCUT2D eigenvalue weighted by atomic mass is 10.2. The molecule has 17 heavy (non-hydrogen) atoms. The fraction of sp³-hybridized carbons (Fsp3) is 0.154. The number of nitrogens with zero attached hydrogens (tertiary/aromatic N) is 1. The smallest absolute Gasteiger partial charge is 0.262 e. The van der Waals surface area contributed by atoms with Crippen molar-refractivity contribution in [3.8, 4) is 17.4 Å². The monoisotopic (exact) mass is 230 g/mol. The van der Waals surface area contributed by atoms with Gasteiger partial charge >= 0.3 is 0 Å². The van der Waals surface area contributed by atoms with Crippen LogP contribution in [-0.2, 0) is 6.54 Å². The quantitative estimate of drug-likeness (QED) is 0.875. The molecule has 0 atom stereocenters. The molecule has 0 aliphatic rings. The topological polar surface area (TPSA) is 57.4 Å². The molecule has 88 valence electrons. The van der Waals surface area contributed by atoms with Crippen LogP contribution >= 0.6 is 0 Å². The molecule has 2 aromatic rings. The summed E-state index contributed by atoms with van der Waals surface area (Å²) in [6, 6.07) is 11.2. The molecule has 0 amide bonds. The molecule has 4 nitrogen and oxygen atoms in total. The first kappa shape index (κ1) is 11.4. The lowest BCUT2D eigenvalue weighted by molar-refractivity contribution is 0.369. The SMILES string of the molecule is COc1cccnc1Oc1ccc(CN)cc1. The van der Waals surface area contributed by atoms with Gasteiger partial charge in [-0.15, -0.1) is 0 Å². The Morgan fingerprint density at radius 2 is 1.94 bits per heavy atom. The van der Waals surface area contributed by atoms with Crippen molar-refractivity contribution in [2.24, 2.45) is 5.73 Å². The summed E-state index contributed by atoms with van der Waals surface area (Å²) in [6.07, 6.45) is 1.66. The molecule has 0 saturated heterocycles. The van der Waals surface area contributed by atoms with Crippen LogP contribution in [0.4, 0.5) is 0 Å². The molecule has 1 heterocycles. The number of hydrogen-bond donors (Lipinski definition) is 1. The first-order chi connectivity index (χ1) is 8.33. The second-order valence-corrected chi connectivity index (χ2v) is 3.46. The van der Waals surface area contributed by atoms with E-state index >= 15 is 0 Å². The van der Waals surface area contributed by atoms with Gasteiger partial charge in [-0.3, -0.25) is 0 Å². The van der Waals surface area contributed by atoms with E-state index in [0.29, 0.717) is 23.9 Å². The van der Waals surface area contributed by atoms with Gasteiger partial charge in [-0.25, -0.2) is 4.98 Å². The molecule has 0 spiro atoms. The van der Waals surface area contributed by atoms with Crippen molar-refractivity contribution < 1.29 is 9.47 Å². The van der Waals surface area contributed by atoms with Gasteiger partial charge in [-0.05, 0) is 29.8 Å². The number of rotatable bonds is 4. The summed E-state index contributed by atoms with van der Waals surface area (Å²) < 4.78 is 10.8. The fourth-order valence-corrected chi connectivity index (χ4v) is 1.41. The van der Waals surface area contributed by atoms with Gasteiger partial charge in [0.15, 0.2) is 5.75 Å². The summed E-state index contributed by atoms with van der Waals surface area (Å²) in [4.78, 5) is 4.12. The minimum absolute atomic E-state index is 0.454. The van der Waals surface area contributed by atoms with E-state index in [1.165, 1.54) is 0 Å². The first-order valence-corrected chi connectivity index (χ1v) is 5.29. The second kappa shape index (κ2) is 5.32. The van der Waals surface area contributed by atoms with Crippen LogP contribution in [0.1, 0.15) is 5.56 Å². The number of ether oxygens (including phenoxy) is 2. The molecule has 0 unspecified atom stereocenters. The molecule has 0 bridgehead atoms.